The maximum absolute atomic E-state index is 13.6. The van der Waals surface area contributed by atoms with Crippen LogP contribution in [0.15, 0.2) is 117 Å². The highest BCUT2D eigenvalue weighted by Crippen LogP contribution is 2.35. The molecule has 4 aromatic rings. The summed E-state index contributed by atoms with van der Waals surface area (Å²) in [5.74, 6) is 0. The Bertz CT molecular complexity index is 2000. The lowest BCUT2D eigenvalue weighted by Crippen LogP contribution is -2.72. The molecular weight excluding hydrogens is 757 g/mol. The average Bonchev–Trinajstić information content (AvgIpc) is 3.07. The standard InChI is InChI=1S/C34H38N2O12S4/c1-21-5-13-25(14-6-21)49(37,38)45-31-29(35)33(47-51(41,42)27-17-9-23(3)10-18-27)34(48-52(43,44)28-19-11-24(4)12-20-28)30(36)32(31)46-50(39,40)26-15-7-22(2)8-16-26/h5-20,29-34H,35-36H2,1-4H3/t29?,30?,31-,32+,33+,34-. The number of rotatable bonds is 12. The van der Waals surface area contributed by atoms with Crippen LogP contribution in [0.1, 0.15) is 22.3 Å². The molecule has 4 aromatic carbocycles. The Kier molecular flexibility index (Phi) is 11.5. The molecule has 1 aliphatic rings. The smallest absolute Gasteiger partial charge is 0.297 e. The summed E-state index contributed by atoms with van der Waals surface area (Å²) in [6, 6.07) is 17.8. The van der Waals surface area contributed by atoms with Crippen LogP contribution in [-0.4, -0.2) is 70.2 Å². The summed E-state index contributed by atoms with van der Waals surface area (Å²) in [6.07, 6.45) is -8.33. The number of hydrogen-bond donors (Lipinski definition) is 2. The fourth-order valence-corrected chi connectivity index (χ4v) is 9.80. The van der Waals surface area contributed by atoms with Gasteiger partial charge in [-0.25, -0.2) is 0 Å². The first-order valence-electron chi connectivity index (χ1n) is 15.7. The molecule has 1 saturated carbocycles. The van der Waals surface area contributed by atoms with Gasteiger partial charge in [0.1, 0.15) is 24.4 Å². The van der Waals surface area contributed by atoms with Crippen LogP contribution >= 0.6 is 0 Å². The minimum absolute atomic E-state index is 0.357. The third-order valence-corrected chi connectivity index (χ3v) is 13.7. The third kappa shape index (κ3) is 8.79. The Hall–Kier alpha value is -3.56. The quantitative estimate of drug-likeness (QED) is 0.197. The predicted octanol–water partition coefficient (Wildman–Crippen LogP) is 2.98. The lowest BCUT2D eigenvalue weighted by atomic mass is 9.82. The molecule has 0 aromatic heterocycles. The lowest BCUT2D eigenvalue weighted by Gasteiger charge is -2.46. The summed E-state index contributed by atoms with van der Waals surface area (Å²) in [5.41, 5.74) is 16.0. The minimum atomic E-state index is -4.79. The maximum Gasteiger partial charge on any atom is 0.297 e. The molecule has 0 bridgehead atoms. The second-order valence-electron chi connectivity index (χ2n) is 12.5. The van der Waals surface area contributed by atoms with E-state index < -0.39 is 77.0 Å². The Labute approximate surface area is 304 Å². The van der Waals surface area contributed by atoms with Gasteiger partial charge in [0, 0.05) is 0 Å². The SMILES string of the molecule is Cc1ccc(S(=O)(=O)O[C@@H]2C(N)[C@H](OS(=O)(=O)c3ccc(C)cc3)[C@H](OS(=O)(=O)c3ccc(C)cc3)C(N)[C@@H]2OS(=O)(=O)c2ccc(C)cc2)cc1. The van der Waals surface area contributed by atoms with Gasteiger partial charge < -0.3 is 11.5 Å². The van der Waals surface area contributed by atoms with Gasteiger partial charge in [0.05, 0.1) is 31.7 Å². The van der Waals surface area contributed by atoms with Crippen LogP contribution in [0, 0.1) is 27.7 Å². The van der Waals surface area contributed by atoms with Crippen molar-refractivity contribution in [2.45, 2.75) is 83.8 Å². The molecule has 1 aliphatic carbocycles. The zero-order valence-corrected chi connectivity index (χ0v) is 31.7. The van der Waals surface area contributed by atoms with Crippen molar-refractivity contribution in [3.05, 3.63) is 119 Å². The number of aryl methyl sites for hydroxylation is 4. The number of nitrogens with two attached hydrogens (primary N) is 2. The second-order valence-corrected chi connectivity index (χ2v) is 18.8. The monoisotopic (exact) mass is 794 g/mol. The Morgan fingerprint density at radius 2 is 0.500 bits per heavy atom. The van der Waals surface area contributed by atoms with Crippen LogP contribution in [0.3, 0.4) is 0 Å². The highest BCUT2D eigenvalue weighted by Gasteiger charge is 2.56. The lowest BCUT2D eigenvalue weighted by molar-refractivity contribution is -0.0924. The Morgan fingerprint density at radius 1 is 0.346 bits per heavy atom. The fourth-order valence-electron chi connectivity index (χ4n) is 5.35. The van der Waals surface area contributed by atoms with Gasteiger partial charge in [-0.1, -0.05) is 70.8 Å². The van der Waals surface area contributed by atoms with Gasteiger partial charge in [-0.2, -0.15) is 33.7 Å². The van der Waals surface area contributed by atoms with Crippen molar-refractivity contribution in [3.63, 3.8) is 0 Å². The summed E-state index contributed by atoms with van der Waals surface area (Å²) in [7, 11) is -19.2. The van der Waals surface area contributed by atoms with Gasteiger partial charge >= 0.3 is 0 Å². The van der Waals surface area contributed by atoms with E-state index in [9.17, 15) is 33.7 Å². The summed E-state index contributed by atoms with van der Waals surface area (Å²) >= 11 is 0. The van der Waals surface area contributed by atoms with Crippen molar-refractivity contribution in [3.8, 4) is 0 Å². The topological polar surface area (TPSA) is 226 Å². The molecular formula is C34H38N2O12S4. The van der Waals surface area contributed by atoms with Crippen molar-refractivity contribution in [1.29, 1.82) is 0 Å². The zero-order chi connectivity index (χ0) is 38.2. The molecule has 6 atom stereocenters. The van der Waals surface area contributed by atoms with E-state index in [1.54, 1.807) is 27.7 Å². The van der Waals surface area contributed by atoms with Gasteiger partial charge in [-0.3, -0.25) is 16.7 Å². The van der Waals surface area contributed by atoms with Crippen molar-refractivity contribution in [2.75, 3.05) is 0 Å². The molecule has 52 heavy (non-hydrogen) atoms. The molecule has 14 nitrogen and oxygen atoms in total. The largest absolute Gasteiger partial charge is 0.323 e. The van der Waals surface area contributed by atoms with Gasteiger partial charge in [0.25, 0.3) is 40.5 Å². The van der Waals surface area contributed by atoms with Crippen LogP contribution in [0.4, 0.5) is 0 Å². The average molecular weight is 795 g/mol. The number of benzene rings is 4. The van der Waals surface area contributed by atoms with E-state index in [4.69, 9.17) is 28.2 Å². The molecule has 0 spiro atoms. The molecule has 0 heterocycles. The molecule has 2 unspecified atom stereocenters. The van der Waals surface area contributed by atoms with E-state index in [0.717, 1.165) is 0 Å². The van der Waals surface area contributed by atoms with Crippen LogP contribution < -0.4 is 11.5 Å². The van der Waals surface area contributed by atoms with Gasteiger partial charge in [-0.15, -0.1) is 0 Å². The van der Waals surface area contributed by atoms with Crippen molar-refractivity contribution >= 4 is 40.5 Å². The third-order valence-electron chi connectivity index (χ3n) is 8.35. The van der Waals surface area contributed by atoms with Crippen molar-refractivity contribution < 1.29 is 50.4 Å². The molecule has 5 rings (SSSR count). The minimum Gasteiger partial charge on any atom is -0.323 e. The van der Waals surface area contributed by atoms with Crippen molar-refractivity contribution in [2.24, 2.45) is 11.5 Å². The van der Waals surface area contributed by atoms with E-state index in [2.05, 4.69) is 0 Å². The second kappa shape index (κ2) is 15.1. The molecule has 4 N–H and O–H groups in total. The van der Waals surface area contributed by atoms with Crippen molar-refractivity contribution in [1.82, 2.24) is 0 Å². The van der Waals surface area contributed by atoms with E-state index in [1.807, 2.05) is 0 Å². The Balaban J connectivity index is 1.65. The van der Waals surface area contributed by atoms with Crippen LogP contribution in [0.2, 0.25) is 0 Å². The highest BCUT2D eigenvalue weighted by molar-refractivity contribution is 7.87. The highest BCUT2D eigenvalue weighted by atomic mass is 32.2. The summed E-state index contributed by atoms with van der Waals surface area (Å²) in [6.45, 7) is 6.87. The van der Waals surface area contributed by atoms with Gasteiger partial charge in [0.15, 0.2) is 0 Å². The molecule has 0 radical (unpaired) electrons. The molecule has 18 heteroatoms. The van der Waals surface area contributed by atoms with Gasteiger partial charge in [-0.05, 0) is 76.2 Å². The van der Waals surface area contributed by atoms with Gasteiger partial charge in [0.2, 0.25) is 0 Å². The first kappa shape index (κ1) is 39.6. The Morgan fingerprint density at radius 3 is 0.654 bits per heavy atom. The van der Waals surface area contributed by atoms with Crippen LogP contribution in [0.5, 0.6) is 0 Å². The van der Waals surface area contributed by atoms with E-state index >= 15 is 0 Å². The molecule has 0 aliphatic heterocycles. The first-order chi connectivity index (χ1) is 24.2. The molecule has 1 fully saturated rings. The predicted molar refractivity (Wildman–Crippen MR) is 189 cm³/mol. The van der Waals surface area contributed by atoms with Crippen LogP contribution in [-0.2, 0) is 57.2 Å². The zero-order valence-electron chi connectivity index (χ0n) is 28.4. The normalized spacial score (nSPS) is 23.0. The molecule has 280 valence electrons. The summed E-state index contributed by atoms with van der Waals surface area (Å²) in [5, 5.41) is 0. The first-order valence-corrected chi connectivity index (χ1v) is 21.3. The van der Waals surface area contributed by atoms with E-state index in [0.29, 0.717) is 22.3 Å². The molecule has 0 saturated heterocycles. The molecule has 0 amide bonds. The summed E-state index contributed by atoms with van der Waals surface area (Å²) < 4.78 is 131. The van der Waals surface area contributed by atoms with Crippen LogP contribution in [0.25, 0.3) is 0 Å². The van der Waals surface area contributed by atoms with E-state index in [1.165, 1.54) is 97.1 Å². The number of hydrogen-bond acceptors (Lipinski definition) is 14. The fraction of sp³-hybridized carbons (Fsp3) is 0.294. The van der Waals surface area contributed by atoms with E-state index in [-0.39, 0.29) is 19.6 Å². The summed E-state index contributed by atoms with van der Waals surface area (Å²) in [4.78, 5) is -1.43. The maximum atomic E-state index is 13.6.